The number of allylic oxidation sites excluding steroid dienone is 1. The Morgan fingerprint density at radius 3 is 2.56 bits per heavy atom. The van der Waals surface area contributed by atoms with Gasteiger partial charge in [0.1, 0.15) is 0 Å². The van der Waals surface area contributed by atoms with Crippen LogP contribution >= 0.6 is 0 Å². The highest BCUT2D eigenvalue weighted by Crippen LogP contribution is 2.54. The molecule has 0 saturated heterocycles. The highest BCUT2D eigenvalue weighted by atomic mass is 16.3. The second kappa shape index (κ2) is 4.18. The fourth-order valence-electron chi connectivity index (χ4n) is 4.01. The Morgan fingerprint density at radius 1 is 1.31 bits per heavy atom. The van der Waals surface area contributed by atoms with Crippen LogP contribution in [0.2, 0.25) is 0 Å². The number of aliphatic hydroxyl groups excluding tert-OH is 1. The van der Waals surface area contributed by atoms with Crippen molar-refractivity contribution >= 4 is 0 Å². The van der Waals surface area contributed by atoms with E-state index in [0.29, 0.717) is 23.2 Å². The van der Waals surface area contributed by atoms with Crippen LogP contribution in [0.15, 0.2) is 12.2 Å². The molecule has 0 aromatic heterocycles. The summed E-state index contributed by atoms with van der Waals surface area (Å²) in [4.78, 5) is 0. The van der Waals surface area contributed by atoms with Gasteiger partial charge >= 0.3 is 0 Å². The van der Waals surface area contributed by atoms with Crippen molar-refractivity contribution in [3.8, 4) is 0 Å². The molecule has 1 N–H and O–H groups in total. The predicted octanol–water partition coefficient (Wildman–Crippen LogP) is 3.78. The van der Waals surface area contributed by atoms with Crippen LogP contribution in [0.1, 0.15) is 52.9 Å². The van der Waals surface area contributed by atoms with E-state index in [-0.39, 0.29) is 6.10 Å². The lowest BCUT2D eigenvalue weighted by molar-refractivity contribution is -0.0636. The van der Waals surface area contributed by atoms with E-state index in [2.05, 4.69) is 27.4 Å². The summed E-state index contributed by atoms with van der Waals surface area (Å²) in [5.74, 6) is 1.87. The van der Waals surface area contributed by atoms with Gasteiger partial charge in [0.15, 0.2) is 0 Å². The molecule has 0 aliphatic heterocycles. The topological polar surface area (TPSA) is 20.2 Å². The number of aliphatic hydroxyl groups is 1. The Hall–Kier alpha value is -0.300. The summed E-state index contributed by atoms with van der Waals surface area (Å²) in [6.45, 7) is 11.0. The van der Waals surface area contributed by atoms with Gasteiger partial charge in [-0.1, -0.05) is 26.0 Å². The van der Waals surface area contributed by atoms with Gasteiger partial charge in [-0.3, -0.25) is 0 Å². The fraction of sp³-hybridized carbons (Fsp3) is 0.867. The van der Waals surface area contributed by atoms with Gasteiger partial charge in [-0.2, -0.15) is 0 Å². The first-order valence-corrected chi connectivity index (χ1v) is 6.77. The van der Waals surface area contributed by atoms with Crippen LogP contribution in [0.25, 0.3) is 0 Å². The molecule has 0 bridgehead atoms. The van der Waals surface area contributed by atoms with Crippen LogP contribution in [-0.2, 0) is 0 Å². The maximum atomic E-state index is 10.0. The number of rotatable bonds is 1. The smallest absolute Gasteiger partial charge is 0.0568 e. The zero-order chi connectivity index (χ0) is 11.9. The van der Waals surface area contributed by atoms with Gasteiger partial charge in [-0.05, 0) is 62.2 Å². The molecule has 2 fully saturated rings. The van der Waals surface area contributed by atoms with Crippen LogP contribution in [0.4, 0.5) is 0 Å². The largest absolute Gasteiger partial charge is 0.393 e. The number of fused-ring (bicyclic) bond motifs is 1. The Bertz CT molecular complexity index is 283. The van der Waals surface area contributed by atoms with E-state index in [4.69, 9.17) is 0 Å². The van der Waals surface area contributed by atoms with Crippen LogP contribution in [-0.4, -0.2) is 11.2 Å². The van der Waals surface area contributed by atoms with E-state index >= 15 is 0 Å². The second-order valence-electron chi connectivity index (χ2n) is 6.54. The third-order valence-corrected chi connectivity index (χ3v) is 5.45. The maximum Gasteiger partial charge on any atom is 0.0568 e. The summed E-state index contributed by atoms with van der Waals surface area (Å²) in [5.41, 5.74) is 1.83. The van der Waals surface area contributed by atoms with Gasteiger partial charge in [0.25, 0.3) is 0 Å². The lowest BCUT2D eigenvalue weighted by Crippen LogP contribution is -2.46. The van der Waals surface area contributed by atoms with Crippen molar-refractivity contribution in [1.82, 2.24) is 0 Å². The van der Waals surface area contributed by atoms with E-state index in [1.54, 1.807) is 0 Å². The van der Waals surface area contributed by atoms with Crippen molar-refractivity contribution in [2.45, 2.75) is 59.0 Å². The normalized spacial score (nSPS) is 48.5. The molecule has 1 heteroatoms. The monoisotopic (exact) mass is 222 g/mol. The van der Waals surface area contributed by atoms with Crippen molar-refractivity contribution in [1.29, 1.82) is 0 Å². The van der Waals surface area contributed by atoms with E-state index in [0.717, 1.165) is 6.42 Å². The first-order valence-electron chi connectivity index (χ1n) is 6.77. The molecule has 0 unspecified atom stereocenters. The summed E-state index contributed by atoms with van der Waals surface area (Å²) in [6.07, 6.45) is 6.04. The zero-order valence-electron chi connectivity index (χ0n) is 11.0. The van der Waals surface area contributed by atoms with Gasteiger partial charge in [0.05, 0.1) is 6.10 Å². The molecular formula is C15H26O. The number of hydrogen-bond acceptors (Lipinski definition) is 1. The highest BCUT2D eigenvalue weighted by molar-refractivity contribution is 5.05. The summed E-state index contributed by atoms with van der Waals surface area (Å²) in [7, 11) is 0. The summed E-state index contributed by atoms with van der Waals surface area (Å²) < 4.78 is 0. The average molecular weight is 222 g/mol. The molecule has 92 valence electrons. The van der Waals surface area contributed by atoms with Gasteiger partial charge < -0.3 is 5.11 Å². The summed E-state index contributed by atoms with van der Waals surface area (Å²) >= 11 is 0. The minimum Gasteiger partial charge on any atom is -0.393 e. The average Bonchev–Trinajstić information content (AvgIpc) is 2.24. The van der Waals surface area contributed by atoms with Gasteiger partial charge in [0, 0.05) is 0 Å². The molecule has 5 atom stereocenters. The zero-order valence-corrected chi connectivity index (χ0v) is 11.0. The third kappa shape index (κ3) is 1.95. The van der Waals surface area contributed by atoms with Crippen molar-refractivity contribution in [2.24, 2.45) is 23.2 Å². The SMILES string of the molecule is C=C(C)[C@@H]1CC[C@@]2(C)CC[C@H](O)[C@@H](C)[C@@H]2C1. The van der Waals surface area contributed by atoms with Crippen LogP contribution in [0.3, 0.4) is 0 Å². The molecule has 16 heavy (non-hydrogen) atoms. The predicted molar refractivity (Wildman–Crippen MR) is 68.2 cm³/mol. The quantitative estimate of drug-likeness (QED) is 0.669. The van der Waals surface area contributed by atoms with Crippen LogP contribution in [0.5, 0.6) is 0 Å². The lowest BCUT2D eigenvalue weighted by Gasteiger charge is -2.52. The molecule has 1 nitrogen and oxygen atoms in total. The molecule has 0 radical (unpaired) electrons. The van der Waals surface area contributed by atoms with Gasteiger partial charge in [0.2, 0.25) is 0 Å². The summed E-state index contributed by atoms with van der Waals surface area (Å²) in [6, 6.07) is 0. The molecule has 0 heterocycles. The molecule has 0 amide bonds. The summed E-state index contributed by atoms with van der Waals surface area (Å²) in [5, 5.41) is 10.0. The minimum absolute atomic E-state index is 0.0676. The first-order chi connectivity index (χ1) is 7.44. The van der Waals surface area contributed by atoms with E-state index in [1.165, 1.54) is 31.3 Å². The van der Waals surface area contributed by atoms with Crippen molar-refractivity contribution in [3.05, 3.63) is 12.2 Å². The molecule has 0 aromatic rings. The minimum atomic E-state index is -0.0676. The molecule has 0 spiro atoms. The van der Waals surface area contributed by atoms with Gasteiger partial charge in [-0.25, -0.2) is 0 Å². The molecule has 2 aliphatic rings. The van der Waals surface area contributed by atoms with E-state index in [1.807, 2.05) is 0 Å². The Kier molecular flexibility index (Phi) is 3.18. The van der Waals surface area contributed by atoms with Gasteiger partial charge in [-0.15, -0.1) is 0 Å². The van der Waals surface area contributed by atoms with Crippen LogP contribution in [0, 0.1) is 23.2 Å². The van der Waals surface area contributed by atoms with Crippen molar-refractivity contribution < 1.29 is 5.11 Å². The Morgan fingerprint density at radius 2 is 1.94 bits per heavy atom. The van der Waals surface area contributed by atoms with E-state index < -0.39 is 0 Å². The maximum absolute atomic E-state index is 10.0. The Balaban J connectivity index is 2.15. The fourth-order valence-corrected chi connectivity index (χ4v) is 4.01. The molecule has 2 rings (SSSR count). The molecule has 2 saturated carbocycles. The van der Waals surface area contributed by atoms with E-state index in [9.17, 15) is 5.11 Å². The highest BCUT2D eigenvalue weighted by Gasteiger charge is 2.47. The molecule has 0 aromatic carbocycles. The first kappa shape index (κ1) is 12.2. The van der Waals surface area contributed by atoms with Crippen LogP contribution < -0.4 is 0 Å². The Labute approximate surface area is 99.9 Å². The van der Waals surface area contributed by atoms with Crippen molar-refractivity contribution in [3.63, 3.8) is 0 Å². The third-order valence-electron chi connectivity index (χ3n) is 5.45. The standard InChI is InChI=1S/C15H26O/c1-10(2)12-5-7-15(4)8-6-14(16)11(3)13(15)9-12/h11-14,16H,1,5-9H2,2-4H3/t11-,12+,13-,14-,15-/m0/s1. The molecule has 2 aliphatic carbocycles. The van der Waals surface area contributed by atoms with Crippen molar-refractivity contribution in [2.75, 3.05) is 0 Å². The number of hydrogen-bond donors (Lipinski definition) is 1. The second-order valence-corrected chi connectivity index (χ2v) is 6.54. The lowest BCUT2D eigenvalue weighted by atomic mass is 9.54. The molecular weight excluding hydrogens is 196 g/mol.